The Bertz CT molecular complexity index is 332. The number of nitrogens with two attached hydrogens (primary N) is 1. The van der Waals surface area contributed by atoms with Crippen molar-refractivity contribution in [3.05, 3.63) is 16.1 Å². The molecule has 4 heteroatoms. The standard InChI is InChI=1S/C14H27N3S/c1-5-13(6-2)17(8-11(3)4)9-12-10-18-14(7-15)16-12/h10-11,13H,5-9,15H2,1-4H3. The SMILES string of the molecule is CCC(CC)N(Cc1csc(CN)n1)CC(C)C. The molecule has 1 aromatic heterocycles. The summed E-state index contributed by atoms with van der Waals surface area (Å²) >= 11 is 1.67. The maximum absolute atomic E-state index is 5.62. The van der Waals surface area contributed by atoms with Gasteiger partial charge in [0.1, 0.15) is 5.01 Å². The molecule has 0 aliphatic carbocycles. The number of nitrogens with zero attached hydrogens (tertiary/aromatic N) is 2. The van der Waals surface area contributed by atoms with Crippen molar-refractivity contribution in [1.29, 1.82) is 0 Å². The third-order valence-electron chi connectivity index (χ3n) is 3.20. The van der Waals surface area contributed by atoms with E-state index in [-0.39, 0.29) is 0 Å². The van der Waals surface area contributed by atoms with E-state index in [2.05, 4.69) is 43.0 Å². The second-order valence-corrected chi connectivity index (χ2v) is 6.17. The fraction of sp³-hybridized carbons (Fsp3) is 0.786. The van der Waals surface area contributed by atoms with Crippen LogP contribution in [0.1, 0.15) is 51.2 Å². The van der Waals surface area contributed by atoms with Gasteiger partial charge in [0.25, 0.3) is 0 Å². The molecule has 104 valence electrons. The molecule has 0 atom stereocenters. The minimum atomic E-state index is 0.555. The van der Waals surface area contributed by atoms with Crippen LogP contribution in [-0.4, -0.2) is 22.5 Å². The molecule has 0 spiro atoms. The largest absolute Gasteiger partial charge is 0.325 e. The van der Waals surface area contributed by atoms with Gasteiger partial charge in [-0.25, -0.2) is 4.98 Å². The Hall–Kier alpha value is -0.450. The van der Waals surface area contributed by atoms with Crippen LogP contribution in [0.2, 0.25) is 0 Å². The highest BCUT2D eigenvalue weighted by Crippen LogP contribution is 2.17. The Morgan fingerprint density at radius 2 is 2.00 bits per heavy atom. The number of aromatic nitrogens is 1. The van der Waals surface area contributed by atoms with Crippen LogP contribution in [0.25, 0.3) is 0 Å². The van der Waals surface area contributed by atoms with Gasteiger partial charge in [0.15, 0.2) is 0 Å². The molecule has 1 heterocycles. The monoisotopic (exact) mass is 269 g/mol. The highest BCUT2D eigenvalue weighted by molar-refractivity contribution is 7.09. The Labute approximate surface area is 115 Å². The molecule has 1 rings (SSSR count). The lowest BCUT2D eigenvalue weighted by atomic mass is 10.1. The normalized spacial score (nSPS) is 12.0. The van der Waals surface area contributed by atoms with Gasteiger partial charge in [-0.15, -0.1) is 11.3 Å². The Morgan fingerprint density at radius 1 is 1.33 bits per heavy atom. The summed E-state index contributed by atoms with van der Waals surface area (Å²) in [5.74, 6) is 0.693. The van der Waals surface area contributed by atoms with Crippen LogP contribution in [0.15, 0.2) is 5.38 Å². The Balaban J connectivity index is 2.70. The minimum Gasteiger partial charge on any atom is -0.325 e. The lowest BCUT2D eigenvalue weighted by Crippen LogP contribution is -2.36. The zero-order valence-corrected chi connectivity index (χ0v) is 13.0. The van der Waals surface area contributed by atoms with E-state index >= 15 is 0 Å². The molecule has 0 saturated heterocycles. The maximum atomic E-state index is 5.62. The summed E-state index contributed by atoms with van der Waals surface area (Å²) in [6.07, 6.45) is 2.41. The van der Waals surface area contributed by atoms with E-state index in [4.69, 9.17) is 5.73 Å². The van der Waals surface area contributed by atoms with E-state index in [1.165, 1.54) is 18.5 Å². The minimum absolute atomic E-state index is 0.555. The zero-order chi connectivity index (χ0) is 13.5. The number of rotatable bonds is 8. The molecule has 0 radical (unpaired) electrons. The van der Waals surface area contributed by atoms with Gasteiger partial charge in [-0.05, 0) is 18.8 Å². The molecular formula is C14H27N3S. The fourth-order valence-electron chi connectivity index (χ4n) is 2.34. The molecule has 0 saturated carbocycles. The van der Waals surface area contributed by atoms with E-state index in [1.54, 1.807) is 11.3 Å². The van der Waals surface area contributed by atoms with Crippen molar-refractivity contribution in [2.45, 2.75) is 59.7 Å². The second kappa shape index (κ2) is 7.87. The van der Waals surface area contributed by atoms with Gasteiger partial charge in [0, 0.05) is 31.1 Å². The van der Waals surface area contributed by atoms with Crippen molar-refractivity contribution in [3.8, 4) is 0 Å². The third kappa shape index (κ3) is 4.67. The summed E-state index contributed by atoms with van der Waals surface area (Å²) in [5.41, 5.74) is 6.80. The van der Waals surface area contributed by atoms with Gasteiger partial charge in [0.2, 0.25) is 0 Å². The molecular weight excluding hydrogens is 242 g/mol. The van der Waals surface area contributed by atoms with Crippen molar-refractivity contribution >= 4 is 11.3 Å². The van der Waals surface area contributed by atoms with E-state index in [1.807, 2.05) is 0 Å². The fourth-order valence-corrected chi connectivity index (χ4v) is 3.01. The maximum Gasteiger partial charge on any atom is 0.106 e. The zero-order valence-electron chi connectivity index (χ0n) is 12.1. The van der Waals surface area contributed by atoms with Gasteiger partial charge in [0.05, 0.1) is 5.69 Å². The summed E-state index contributed by atoms with van der Waals surface area (Å²) < 4.78 is 0. The molecule has 3 nitrogen and oxygen atoms in total. The summed E-state index contributed by atoms with van der Waals surface area (Å²) in [7, 11) is 0. The first-order valence-corrected chi connectivity index (χ1v) is 7.86. The molecule has 0 unspecified atom stereocenters. The van der Waals surface area contributed by atoms with Gasteiger partial charge < -0.3 is 5.73 Å². The average molecular weight is 269 g/mol. The molecule has 0 aliphatic rings. The topological polar surface area (TPSA) is 42.1 Å². The van der Waals surface area contributed by atoms with Gasteiger partial charge in [-0.2, -0.15) is 0 Å². The van der Waals surface area contributed by atoms with E-state index < -0.39 is 0 Å². The van der Waals surface area contributed by atoms with Gasteiger partial charge in [-0.1, -0.05) is 27.7 Å². The van der Waals surface area contributed by atoms with Crippen molar-refractivity contribution in [3.63, 3.8) is 0 Å². The molecule has 0 aliphatic heterocycles. The van der Waals surface area contributed by atoms with Gasteiger partial charge in [-0.3, -0.25) is 4.90 Å². The number of hydrogen-bond donors (Lipinski definition) is 1. The summed E-state index contributed by atoms with van der Waals surface area (Å²) in [6, 6.07) is 0.662. The van der Waals surface area contributed by atoms with Crippen LogP contribution >= 0.6 is 11.3 Å². The highest BCUT2D eigenvalue weighted by Gasteiger charge is 2.17. The molecule has 18 heavy (non-hydrogen) atoms. The first kappa shape index (κ1) is 15.6. The number of thiazole rings is 1. The Morgan fingerprint density at radius 3 is 2.44 bits per heavy atom. The molecule has 0 aromatic carbocycles. The van der Waals surface area contributed by atoms with Crippen LogP contribution in [-0.2, 0) is 13.1 Å². The van der Waals surface area contributed by atoms with Crippen LogP contribution < -0.4 is 5.73 Å². The van der Waals surface area contributed by atoms with E-state index in [0.717, 1.165) is 18.1 Å². The molecule has 0 fully saturated rings. The van der Waals surface area contributed by atoms with Crippen LogP contribution in [0.5, 0.6) is 0 Å². The molecule has 1 aromatic rings. The quantitative estimate of drug-likeness (QED) is 0.787. The first-order valence-electron chi connectivity index (χ1n) is 6.98. The summed E-state index contributed by atoms with van der Waals surface area (Å²) in [5, 5.41) is 3.19. The van der Waals surface area contributed by atoms with E-state index in [0.29, 0.717) is 18.5 Å². The predicted molar refractivity (Wildman–Crippen MR) is 79.6 cm³/mol. The summed E-state index contributed by atoms with van der Waals surface area (Å²) in [6.45, 7) is 11.8. The smallest absolute Gasteiger partial charge is 0.106 e. The van der Waals surface area contributed by atoms with Crippen LogP contribution in [0.3, 0.4) is 0 Å². The first-order chi connectivity index (χ1) is 8.60. The molecule has 0 amide bonds. The van der Waals surface area contributed by atoms with Crippen LogP contribution in [0, 0.1) is 5.92 Å². The number of hydrogen-bond acceptors (Lipinski definition) is 4. The second-order valence-electron chi connectivity index (χ2n) is 5.23. The van der Waals surface area contributed by atoms with Crippen molar-refractivity contribution in [1.82, 2.24) is 9.88 Å². The van der Waals surface area contributed by atoms with Crippen molar-refractivity contribution < 1.29 is 0 Å². The molecule has 0 bridgehead atoms. The average Bonchev–Trinajstić information content (AvgIpc) is 2.77. The predicted octanol–water partition coefficient (Wildman–Crippen LogP) is 3.25. The third-order valence-corrected chi connectivity index (χ3v) is 4.12. The lowest BCUT2D eigenvalue weighted by Gasteiger charge is -2.31. The van der Waals surface area contributed by atoms with E-state index in [9.17, 15) is 0 Å². The van der Waals surface area contributed by atoms with Crippen molar-refractivity contribution in [2.75, 3.05) is 6.54 Å². The highest BCUT2D eigenvalue weighted by atomic mass is 32.1. The van der Waals surface area contributed by atoms with Crippen molar-refractivity contribution in [2.24, 2.45) is 11.7 Å². The lowest BCUT2D eigenvalue weighted by molar-refractivity contribution is 0.156. The summed E-state index contributed by atoms with van der Waals surface area (Å²) in [4.78, 5) is 7.15. The van der Waals surface area contributed by atoms with Gasteiger partial charge >= 0.3 is 0 Å². The Kier molecular flexibility index (Phi) is 6.82. The molecule has 2 N–H and O–H groups in total. The van der Waals surface area contributed by atoms with Crippen LogP contribution in [0.4, 0.5) is 0 Å².